The summed E-state index contributed by atoms with van der Waals surface area (Å²) in [4.78, 5) is 16.3. The number of carboxylic acids is 1. The summed E-state index contributed by atoms with van der Waals surface area (Å²) in [7, 11) is 0. The molecule has 214 valence electrons. The van der Waals surface area contributed by atoms with Crippen LogP contribution in [0.25, 0.3) is 22.2 Å². The molecule has 42 heavy (non-hydrogen) atoms. The lowest BCUT2D eigenvalue weighted by Gasteiger charge is -2.27. The van der Waals surface area contributed by atoms with Crippen LogP contribution in [0.4, 0.5) is 13.2 Å². The van der Waals surface area contributed by atoms with E-state index in [0.29, 0.717) is 47.6 Å². The SMILES string of the molecule is O=C(O)c1ccc2nc(Cc3ccc(-c4ccc(F)c(OCc5ccc(Cl)cc5F)c4)c(F)c3)n(C[C@@H]3CCO3)c2c1. The van der Waals surface area contributed by atoms with Crippen molar-refractivity contribution in [3.8, 4) is 16.9 Å². The monoisotopic (exact) mass is 592 g/mol. The normalized spacial score (nSPS) is 14.6. The average Bonchev–Trinajstić information content (AvgIpc) is 3.27. The van der Waals surface area contributed by atoms with Crippen LogP contribution in [0.5, 0.6) is 5.75 Å². The Bertz CT molecular complexity index is 1820. The second-order valence-electron chi connectivity index (χ2n) is 10.1. The molecule has 6 rings (SSSR count). The van der Waals surface area contributed by atoms with Crippen molar-refractivity contribution < 1.29 is 32.5 Å². The molecule has 0 unspecified atom stereocenters. The van der Waals surface area contributed by atoms with Crippen LogP contribution in [0.2, 0.25) is 5.02 Å². The highest BCUT2D eigenvalue weighted by Gasteiger charge is 2.23. The largest absolute Gasteiger partial charge is 0.486 e. The van der Waals surface area contributed by atoms with Gasteiger partial charge in [-0.25, -0.2) is 22.9 Å². The lowest BCUT2D eigenvalue weighted by molar-refractivity contribution is -0.0589. The molecule has 1 aliphatic rings. The van der Waals surface area contributed by atoms with Gasteiger partial charge in [-0.2, -0.15) is 0 Å². The Morgan fingerprint density at radius 2 is 1.83 bits per heavy atom. The minimum Gasteiger partial charge on any atom is -0.486 e. The van der Waals surface area contributed by atoms with Crippen LogP contribution in [0.15, 0.2) is 72.8 Å². The van der Waals surface area contributed by atoms with Crippen LogP contribution >= 0.6 is 11.6 Å². The van der Waals surface area contributed by atoms with Gasteiger partial charge in [0.2, 0.25) is 0 Å². The number of carbonyl (C=O) groups is 1. The van der Waals surface area contributed by atoms with Gasteiger partial charge in [-0.15, -0.1) is 0 Å². The van der Waals surface area contributed by atoms with Gasteiger partial charge in [0.05, 0.1) is 29.2 Å². The molecule has 4 aromatic carbocycles. The lowest BCUT2D eigenvalue weighted by atomic mass is 10.0. The van der Waals surface area contributed by atoms with Crippen LogP contribution in [-0.4, -0.2) is 33.3 Å². The second-order valence-corrected chi connectivity index (χ2v) is 10.5. The summed E-state index contributed by atoms with van der Waals surface area (Å²) in [5, 5.41) is 9.69. The van der Waals surface area contributed by atoms with Crippen molar-refractivity contribution in [2.24, 2.45) is 0 Å². The molecule has 0 radical (unpaired) electrons. The van der Waals surface area contributed by atoms with Gasteiger partial charge in [0.15, 0.2) is 11.6 Å². The highest BCUT2D eigenvalue weighted by atomic mass is 35.5. The molecule has 0 saturated carbocycles. The topological polar surface area (TPSA) is 73.6 Å². The third-order valence-electron chi connectivity index (χ3n) is 7.29. The van der Waals surface area contributed by atoms with E-state index in [1.54, 1.807) is 24.3 Å². The number of hydrogen-bond donors (Lipinski definition) is 1. The summed E-state index contributed by atoms with van der Waals surface area (Å²) in [5.41, 5.74) is 2.96. The predicted molar refractivity (Wildman–Crippen MR) is 151 cm³/mol. The van der Waals surface area contributed by atoms with E-state index >= 15 is 4.39 Å². The predicted octanol–water partition coefficient (Wildman–Crippen LogP) is 7.43. The fraction of sp³-hybridized carbons (Fsp3) is 0.188. The molecule has 1 fully saturated rings. The maximum absolute atomic E-state index is 15.4. The summed E-state index contributed by atoms with van der Waals surface area (Å²) in [6.07, 6.45) is 1.18. The summed E-state index contributed by atoms with van der Waals surface area (Å²) in [5.74, 6) is -2.27. The molecule has 5 aromatic rings. The van der Waals surface area contributed by atoms with Crippen molar-refractivity contribution in [2.45, 2.75) is 32.1 Å². The quantitative estimate of drug-likeness (QED) is 0.193. The van der Waals surface area contributed by atoms with Crippen molar-refractivity contribution in [1.82, 2.24) is 9.55 Å². The van der Waals surface area contributed by atoms with Gasteiger partial charge in [0, 0.05) is 29.2 Å². The summed E-state index contributed by atoms with van der Waals surface area (Å²) >= 11 is 5.78. The lowest BCUT2D eigenvalue weighted by Crippen LogP contribution is -2.31. The minimum absolute atomic E-state index is 0.000165. The van der Waals surface area contributed by atoms with Gasteiger partial charge in [-0.05, 0) is 66.1 Å². The van der Waals surface area contributed by atoms with Crippen LogP contribution in [0.1, 0.15) is 33.7 Å². The number of benzene rings is 4. The molecule has 0 amide bonds. The first-order chi connectivity index (χ1) is 20.2. The number of aromatic carboxylic acids is 1. The minimum atomic E-state index is -1.03. The zero-order valence-electron chi connectivity index (χ0n) is 22.1. The third-order valence-corrected chi connectivity index (χ3v) is 7.53. The fourth-order valence-electron chi connectivity index (χ4n) is 4.94. The summed E-state index contributed by atoms with van der Waals surface area (Å²) in [6, 6.07) is 17.6. The van der Waals surface area contributed by atoms with E-state index in [1.165, 1.54) is 42.5 Å². The van der Waals surface area contributed by atoms with Gasteiger partial charge in [-0.3, -0.25) is 0 Å². The fourth-order valence-corrected chi connectivity index (χ4v) is 5.10. The second kappa shape index (κ2) is 11.5. The molecule has 6 nitrogen and oxygen atoms in total. The molecular weight excluding hydrogens is 569 g/mol. The molecule has 0 spiro atoms. The highest BCUT2D eigenvalue weighted by Crippen LogP contribution is 2.31. The van der Waals surface area contributed by atoms with Crippen molar-refractivity contribution in [3.05, 3.63) is 118 Å². The Hall–Kier alpha value is -4.34. The molecule has 1 saturated heterocycles. The molecule has 2 heterocycles. The number of ether oxygens (including phenoxy) is 2. The molecule has 0 bridgehead atoms. The smallest absolute Gasteiger partial charge is 0.335 e. The van der Waals surface area contributed by atoms with Crippen molar-refractivity contribution in [2.75, 3.05) is 6.61 Å². The number of nitrogens with zero attached hydrogens (tertiary/aromatic N) is 2. The Balaban J connectivity index is 1.25. The highest BCUT2D eigenvalue weighted by molar-refractivity contribution is 6.30. The van der Waals surface area contributed by atoms with Gasteiger partial charge >= 0.3 is 5.97 Å². The Morgan fingerprint density at radius 1 is 1.00 bits per heavy atom. The summed E-state index contributed by atoms with van der Waals surface area (Å²) < 4.78 is 57.1. The van der Waals surface area contributed by atoms with Gasteiger partial charge < -0.3 is 19.1 Å². The number of hydrogen-bond acceptors (Lipinski definition) is 4. The number of aromatic nitrogens is 2. The van der Waals surface area contributed by atoms with E-state index in [-0.39, 0.29) is 40.2 Å². The Labute approximate surface area is 243 Å². The van der Waals surface area contributed by atoms with E-state index in [0.717, 1.165) is 12.5 Å². The first kappa shape index (κ1) is 27.8. The molecule has 10 heteroatoms. The number of fused-ring (bicyclic) bond motifs is 1. The molecule has 1 aromatic heterocycles. The van der Waals surface area contributed by atoms with Gasteiger partial charge in [-0.1, -0.05) is 35.9 Å². The number of halogens is 4. The Morgan fingerprint density at radius 3 is 2.55 bits per heavy atom. The molecule has 1 atom stereocenters. The summed E-state index contributed by atoms with van der Waals surface area (Å²) in [6.45, 7) is 0.952. The van der Waals surface area contributed by atoms with Crippen molar-refractivity contribution in [3.63, 3.8) is 0 Å². The molecular formula is C32H24ClF3N2O4. The number of imidazole rings is 1. The number of rotatable bonds is 9. The molecule has 1 N–H and O–H groups in total. The van der Waals surface area contributed by atoms with E-state index in [4.69, 9.17) is 26.1 Å². The first-order valence-corrected chi connectivity index (χ1v) is 13.6. The maximum atomic E-state index is 15.4. The molecule has 1 aliphatic heterocycles. The van der Waals surface area contributed by atoms with E-state index < -0.39 is 23.4 Å². The zero-order chi connectivity index (χ0) is 29.4. The zero-order valence-corrected chi connectivity index (χ0v) is 22.9. The third kappa shape index (κ3) is 5.70. The van der Waals surface area contributed by atoms with Crippen molar-refractivity contribution >= 4 is 28.6 Å². The average molecular weight is 593 g/mol. The van der Waals surface area contributed by atoms with Crippen LogP contribution in [0.3, 0.4) is 0 Å². The van der Waals surface area contributed by atoms with Gasteiger partial charge in [0.1, 0.15) is 24.1 Å². The number of carboxylic acid groups (broad SMARTS) is 1. The van der Waals surface area contributed by atoms with Crippen LogP contribution in [0, 0.1) is 17.5 Å². The van der Waals surface area contributed by atoms with E-state index in [1.807, 2.05) is 4.57 Å². The first-order valence-electron chi connectivity index (χ1n) is 13.2. The van der Waals surface area contributed by atoms with Crippen LogP contribution < -0.4 is 4.74 Å². The maximum Gasteiger partial charge on any atom is 0.335 e. The molecule has 0 aliphatic carbocycles. The Kier molecular flexibility index (Phi) is 7.62. The van der Waals surface area contributed by atoms with E-state index in [9.17, 15) is 18.7 Å². The standard InChI is InChI=1S/C32H24ClF3N2O4/c33-22-5-2-21(26(35)15-22)17-42-30-14-19(3-7-25(30)34)24-6-1-18(11-27(24)36)12-31-37-28-8-4-20(32(39)40)13-29(28)38(31)16-23-9-10-41-23/h1-8,11,13-15,23H,9-10,12,16-17H2,(H,39,40)/t23-/m0/s1. The van der Waals surface area contributed by atoms with E-state index in [2.05, 4.69) is 0 Å². The van der Waals surface area contributed by atoms with Crippen molar-refractivity contribution in [1.29, 1.82) is 0 Å². The van der Waals surface area contributed by atoms with Crippen LogP contribution in [-0.2, 0) is 24.3 Å². The van der Waals surface area contributed by atoms with Gasteiger partial charge in [0.25, 0.3) is 0 Å².